The lowest BCUT2D eigenvalue weighted by Gasteiger charge is -2.14. The Bertz CT molecular complexity index is 811. The lowest BCUT2D eigenvalue weighted by atomic mass is 10.1. The summed E-state index contributed by atoms with van der Waals surface area (Å²) in [5.74, 6) is 0. The van der Waals surface area contributed by atoms with Gasteiger partial charge in [-0.3, -0.25) is 4.98 Å². The molecule has 2 aromatic carbocycles. The Balaban J connectivity index is 2.18. The zero-order chi connectivity index (χ0) is 15.0. The number of para-hydroxylation sites is 1. The number of hydrogen-bond donors (Lipinski definition) is 2. The molecule has 0 saturated carbocycles. The van der Waals surface area contributed by atoms with Crippen LogP contribution in [0.4, 0.5) is 17.1 Å². The number of rotatable bonds is 2. The molecule has 0 amide bonds. The first-order valence-corrected chi connectivity index (χ1v) is 8.01. The maximum Gasteiger partial charge on any atom is 0.0727 e. The zero-order valence-electron chi connectivity index (χ0n) is 11.3. The van der Waals surface area contributed by atoms with Crippen LogP contribution in [0.3, 0.4) is 0 Å². The van der Waals surface area contributed by atoms with E-state index in [1.54, 1.807) is 0 Å². The van der Waals surface area contributed by atoms with Crippen LogP contribution < -0.4 is 11.1 Å². The highest BCUT2D eigenvalue weighted by Crippen LogP contribution is 2.35. The number of nitrogens with two attached hydrogens (primary N) is 1. The van der Waals surface area contributed by atoms with E-state index in [9.17, 15) is 0 Å². The van der Waals surface area contributed by atoms with Crippen LogP contribution in [0, 0.1) is 6.92 Å². The summed E-state index contributed by atoms with van der Waals surface area (Å²) in [5, 5.41) is 4.47. The van der Waals surface area contributed by atoms with Crippen molar-refractivity contribution in [3.05, 3.63) is 57.1 Å². The smallest absolute Gasteiger partial charge is 0.0727 e. The highest BCUT2D eigenvalue weighted by atomic mass is 79.9. The van der Waals surface area contributed by atoms with Crippen LogP contribution >= 0.6 is 31.9 Å². The number of fused-ring (bicyclic) bond motifs is 1. The highest BCUT2D eigenvalue weighted by Gasteiger charge is 2.09. The minimum atomic E-state index is 0.724. The minimum absolute atomic E-state index is 0.724. The van der Waals surface area contributed by atoms with Gasteiger partial charge in [-0.25, -0.2) is 0 Å². The van der Waals surface area contributed by atoms with Crippen LogP contribution in [0.25, 0.3) is 10.9 Å². The van der Waals surface area contributed by atoms with Crippen molar-refractivity contribution in [2.24, 2.45) is 0 Å². The molecule has 3 rings (SSSR count). The molecular weight excluding hydrogens is 394 g/mol. The molecule has 0 fully saturated rings. The maximum atomic E-state index is 5.91. The van der Waals surface area contributed by atoms with Crippen LogP contribution in [0.1, 0.15) is 5.69 Å². The van der Waals surface area contributed by atoms with Crippen molar-refractivity contribution in [1.29, 1.82) is 0 Å². The molecule has 0 spiro atoms. The fourth-order valence-corrected chi connectivity index (χ4v) is 3.43. The van der Waals surface area contributed by atoms with Crippen LogP contribution in [0.5, 0.6) is 0 Å². The van der Waals surface area contributed by atoms with E-state index in [0.717, 1.165) is 42.6 Å². The van der Waals surface area contributed by atoms with Gasteiger partial charge in [0.15, 0.2) is 0 Å². The number of nitrogen functional groups attached to an aromatic ring is 1. The van der Waals surface area contributed by atoms with E-state index in [4.69, 9.17) is 5.73 Å². The van der Waals surface area contributed by atoms with Gasteiger partial charge in [0.1, 0.15) is 0 Å². The SMILES string of the molecule is Cc1cc(Nc2c(Br)cccc2Br)c2cc(N)ccc2n1. The number of hydrogen-bond acceptors (Lipinski definition) is 3. The molecule has 0 unspecified atom stereocenters. The van der Waals surface area contributed by atoms with Gasteiger partial charge >= 0.3 is 0 Å². The van der Waals surface area contributed by atoms with E-state index >= 15 is 0 Å². The van der Waals surface area contributed by atoms with Gasteiger partial charge in [-0.15, -0.1) is 0 Å². The molecule has 106 valence electrons. The molecule has 3 nitrogen and oxygen atoms in total. The van der Waals surface area contributed by atoms with Gasteiger partial charge in [-0.2, -0.15) is 0 Å². The molecule has 0 saturated heterocycles. The van der Waals surface area contributed by atoms with E-state index < -0.39 is 0 Å². The second-order valence-corrected chi connectivity index (χ2v) is 6.52. The third-order valence-corrected chi connectivity index (χ3v) is 4.50. The van der Waals surface area contributed by atoms with Crippen molar-refractivity contribution in [2.75, 3.05) is 11.1 Å². The van der Waals surface area contributed by atoms with Gasteiger partial charge in [-0.05, 0) is 75.2 Å². The Morgan fingerprint density at radius 1 is 1.05 bits per heavy atom. The standard InChI is InChI=1S/C16H13Br2N3/c1-9-7-15(11-8-10(19)5-6-14(11)20-9)21-16-12(17)3-2-4-13(16)18/h2-8H,19H2,1H3,(H,20,21). The molecule has 0 aliphatic heterocycles. The number of benzene rings is 2. The Hall–Kier alpha value is -1.59. The molecule has 1 heterocycles. The van der Waals surface area contributed by atoms with Crippen molar-refractivity contribution in [1.82, 2.24) is 4.98 Å². The van der Waals surface area contributed by atoms with Crippen molar-refractivity contribution in [2.45, 2.75) is 6.92 Å². The summed E-state index contributed by atoms with van der Waals surface area (Å²) < 4.78 is 1.98. The van der Waals surface area contributed by atoms with Crippen LogP contribution in [-0.2, 0) is 0 Å². The van der Waals surface area contributed by atoms with E-state index in [1.165, 1.54) is 0 Å². The molecule has 5 heteroatoms. The number of anilines is 3. The molecule has 0 aliphatic rings. The molecule has 3 N–H and O–H groups in total. The first kappa shape index (κ1) is 14.4. The van der Waals surface area contributed by atoms with E-state index in [2.05, 4.69) is 42.2 Å². The van der Waals surface area contributed by atoms with Gasteiger partial charge in [0.2, 0.25) is 0 Å². The summed E-state index contributed by atoms with van der Waals surface area (Å²) in [4.78, 5) is 4.54. The van der Waals surface area contributed by atoms with Gasteiger partial charge in [0, 0.05) is 31.4 Å². The summed E-state index contributed by atoms with van der Waals surface area (Å²) >= 11 is 7.14. The average molecular weight is 407 g/mol. The predicted octanol–water partition coefficient (Wildman–Crippen LogP) is 5.39. The number of aryl methyl sites for hydroxylation is 1. The summed E-state index contributed by atoms with van der Waals surface area (Å²) in [6.07, 6.45) is 0. The molecule has 1 aromatic heterocycles. The lowest BCUT2D eigenvalue weighted by Crippen LogP contribution is -1.97. The monoisotopic (exact) mass is 405 g/mol. The van der Waals surface area contributed by atoms with Gasteiger partial charge < -0.3 is 11.1 Å². The highest BCUT2D eigenvalue weighted by molar-refractivity contribution is 9.11. The predicted molar refractivity (Wildman–Crippen MR) is 96.0 cm³/mol. The van der Waals surface area contributed by atoms with Crippen molar-refractivity contribution >= 4 is 59.8 Å². The normalized spacial score (nSPS) is 10.8. The van der Waals surface area contributed by atoms with E-state index in [1.807, 2.05) is 49.4 Å². The lowest BCUT2D eigenvalue weighted by molar-refractivity contribution is 1.25. The van der Waals surface area contributed by atoms with E-state index in [0.29, 0.717) is 0 Å². The van der Waals surface area contributed by atoms with Crippen molar-refractivity contribution < 1.29 is 0 Å². The molecule has 0 atom stereocenters. The fourth-order valence-electron chi connectivity index (χ4n) is 2.23. The number of nitrogens with one attached hydrogen (secondary N) is 1. The average Bonchev–Trinajstić information content (AvgIpc) is 2.43. The molecule has 0 aliphatic carbocycles. The van der Waals surface area contributed by atoms with Crippen LogP contribution in [-0.4, -0.2) is 4.98 Å². The second kappa shape index (κ2) is 5.66. The van der Waals surface area contributed by atoms with Crippen LogP contribution in [0.15, 0.2) is 51.4 Å². The Morgan fingerprint density at radius 2 is 1.76 bits per heavy atom. The Morgan fingerprint density at radius 3 is 2.48 bits per heavy atom. The minimum Gasteiger partial charge on any atom is -0.399 e. The molecular formula is C16H13Br2N3. The Labute approximate surface area is 139 Å². The third kappa shape index (κ3) is 2.89. The molecule has 0 bridgehead atoms. The Kier molecular flexibility index (Phi) is 3.87. The number of pyridine rings is 1. The maximum absolute atomic E-state index is 5.91. The summed E-state index contributed by atoms with van der Waals surface area (Å²) in [5.41, 5.74) is 10.5. The van der Waals surface area contributed by atoms with Crippen LogP contribution in [0.2, 0.25) is 0 Å². The topological polar surface area (TPSA) is 50.9 Å². The summed E-state index contributed by atoms with van der Waals surface area (Å²) in [7, 11) is 0. The second-order valence-electron chi connectivity index (χ2n) is 4.81. The third-order valence-electron chi connectivity index (χ3n) is 3.18. The molecule has 21 heavy (non-hydrogen) atoms. The van der Waals surface area contributed by atoms with E-state index in [-0.39, 0.29) is 0 Å². The van der Waals surface area contributed by atoms with Crippen molar-refractivity contribution in [3.8, 4) is 0 Å². The number of nitrogens with zero attached hydrogens (tertiary/aromatic N) is 1. The van der Waals surface area contributed by atoms with Gasteiger partial charge in [0.05, 0.1) is 11.2 Å². The first-order chi connectivity index (χ1) is 10.0. The number of aromatic nitrogens is 1. The van der Waals surface area contributed by atoms with Gasteiger partial charge in [0.25, 0.3) is 0 Å². The first-order valence-electron chi connectivity index (χ1n) is 6.42. The summed E-state index contributed by atoms with van der Waals surface area (Å²) in [6.45, 7) is 1.98. The largest absolute Gasteiger partial charge is 0.399 e. The van der Waals surface area contributed by atoms with Crippen molar-refractivity contribution in [3.63, 3.8) is 0 Å². The zero-order valence-corrected chi connectivity index (χ0v) is 14.5. The van der Waals surface area contributed by atoms with Gasteiger partial charge in [-0.1, -0.05) is 6.07 Å². The molecule has 0 radical (unpaired) electrons. The summed E-state index contributed by atoms with van der Waals surface area (Å²) in [6, 6.07) is 13.7. The fraction of sp³-hybridized carbons (Fsp3) is 0.0625. The number of halogens is 2. The quantitative estimate of drug-likeness (QED) is 0.560. The molecule has 3 aromatic rings.